The van der Waals surface area contributed by atoms with Crippen LogP contribution in [0.4, 0.5) is 0 Å². The molecule has 0 amide bonds. The molecule has 15 heavy (non-hydrogen) atoms. The van der Waals surface area contributed by atoms with E-state index in [4.69, 9.17) is 0 Å². The molecule has 0 saturated heterocycles. The van der Waals surface area contributed by atoms with Crippen molar-refractivity contribution in [1.82, 2.24) is 0 Å². The van der Waals surface area contributed by atoms with E-state index in [-0.39, 0.29) is 0 Å². The Morgan fingerprint density at radius 2 is 1.47 bits per heavy atom. The lowest BCUT2D eigenvalue weighted by Crippen LogP contribution is -2.28. The van der Waals surface area contributed by atoms with Gasteiger partial charge in [0.1, 0.15) is 0 Å². The van der Waals surface area contributed by atoms with Crippen LogP contribution in [0.3, 0.4) is 0 Å². The predicted octanol–water partition coefficient (Wildman–Crippen LogP) is 4.36. The minimum Gasteiger partial charge on any atom is -0.385 e. The molecule has 3 heteroatoms. The van der Waals surface area contributed by atoms with E-state index in [1.54, 1.807) is 0 Å². The van der Waals surface area contributed by atoms with Gasteiger partial charge >= 0.3 is 0 Å². The topological polar surface area (TPSA) is 20.2 Å². The Morgan fingerprint density at radius 3 is 2.00 bits per heavy atom. The minimum atomic E-state index is -0.607. The van der Waals surface area contributed by atoms with Crippen LogP contribution >= 0.6 is 31.9 Å². The smallest absolute Gasteiger partial charge is 0.0897 e. The van der Waals surface area contributed by atoms with Gasteiger partial charge in [-0.15, -0.1) is 0 Å². The van der Waals surface area contributed by atoms with Crippen molar-refractivity contribution in [2.45, 2.75) is 37.7 Å². The largest absolute Gasteiger partial charge is 0.385 e. The second-order valence-corrected chi connectivity index (χ2v) is 6.08. The third kappa shape index (κ3) is 2.63. The molecule has 1 saturated carbocycles. The van der Waals surface area contributed by atoms with Crippen LogP contribution in [-0.2, 0) is 5.60 Å². The molecule has 0 atom stereocenters. The Labute approximate surface area is 107 Å². The van der Waals surface area contributed by atoms with Crippen LogP contribution in [0.5, 0.6) is 0 Å². The molecule has 2 rings (SSSR count). The fourth-order valence-corrected chi connectivity index (χ4v) is 3.54. The SMILES string of the molecule is OC1(c2cc(Br)cc(Br)c2)CCCCC1. The fourth-order valence-electron chi connectivity index (χ4n) is 2.25. The Bertz CT molecular complexity index is 336. The van der Waals surface area contributed by atoms with Gasteiger partial charge in [0.25, 0.3) is 0 Å². The van der Waals surface area contributed by atoms with Crippen molar-refractivity contribution in [3.63, 3.8) is 0 Å². The molecule has 0 aromatic heterocycles. The molecule has 1 N–H and O–H groups in total. The third-order valence-electron chi connectivity index (χ3n) is 3.08. The monoisotopic (exact) mass is 332 g/mol. The Kier molecular flexibility index (Phi) is 3.53. The van der Waals surface area contributed by atoms with Crippen LogP contribution in [0.25, 0.3) is 0 Å². The molecule has 0 aliphatic heterocycles. The number of aliphatic hydroxyl groups is 1. The molecular formula is C12H14Br2O. The molecule has 0 spiro atoms. The summed E-state index contributed by atoms with van der Waals surface area (Å²) in [7, 11) is 0. The Balaban J connectivity index is 2.34. The van der Waals surface area contributed by atoms with Crippen LogP contribution in [0, 0.1) is 0 Å². The number of hydrogen-bond donors (Lipinski definition) is 1. The number of rotatable bonds is 1. The van der Waals surface area contributed by atoms with E-state index < -0.39 is 5.60 Å². The summed E-state index contributed by atoms with van der Waals surface area (Å²) in [5.74, 6) is 0. The van der Waals surface area contributed by atoms with E-state index in [1.807, 2.05) is 18.2 Å². The molecule has 1 aromatic carbocycles. The van der Waals surface area contributed by atoms with Crippen molar-refractivity contribution in [3.8, 4) is 0 Å². The van der Waals surface area contributed by atoms with Gasteiger partial charge in [0.15, 0.2) is 0 Å². The van der Waals surface area contributed by atoms with Crippen molar-refractivity contribution in [1.29, 1.82) is 0 Å². The van der Waals surface area contributed by atoms with Gasteiger partial charge in [-0.25, -0.2) is 0 Å². The predicted molar refractivity (Wildman–Crippen MR) is 68.8 cm³/mol. The summed E-state index contributed by atoms with van der Waals surface area (Å²) < 4.78 is 2.04. The van der Waals surface area contributed by atoms with Gasteiger partial charge in [-0.05, 0) is 36.6 Å². The molecule has 1 aliphatic rings. The zero-order chi connectivity index (χ0) is 10.9. The first-order chi connectivity index (χ1) is 7.10. The van der Waals surface area contributed by atoms with Crippen molar-refractivity contribution in [3.05, 3.63) is 32.7 Å². The highest BCUT2D eigenvalue weighted by molar-refractivity contribution is 9.11. The zero-order valence-electron chi connectivity index (χ0n) is 8.47. The van der Waals surface area contributed by atoms with E-state index in [9.17, 15) is 5.11 Å². The maximum atomic E-state index is 10.5. The van der Waals surface area contributed by atoms with Crippen molar-refractivity contribution in [2.75, 3.05) is 0 Å². The van der Waals surface area contributed by atoms with Crippen molar-refractivity contribution >= 4 is 31.9 Å². The van der Waals surface area contributed by atoms with Crippen LogP contribution < -0.4 is 0 Å². The Morgan fingerprint density at radius 1 is 0.933 bits per heavy atom. The summed E-state index contributed by atoms with van der Waals surface area (Å²) in [5, 5.41) is 10.5. The second kappa shape index (κ2) is 4.56. The Hall–Kier alpha value is 0.140. The molecule has 0 heterocycles. The summed E-state index contributed by atoms with van der Waals surface area (Å²) in [6, 6.07) is 6.04. The van der Waals surface area contributed by atoms with Crippen molar-refractivity contribution < 1.29 is 5.11 Å². The van der Waals surface area contributed by atoms with Crippen LogP contribution in [0.1, 0.15) is 37.7 Å². The quantitative estimate of drug-likeness (QED) is 0.809. The molecule has 0 unspecified atom stereocenters. The highest BCUT2D eigenvalue weighted by Gasteiger charge is 2.31. The molecule has 1 aliphatic carbocycles. The molecule has 0 bridgehead atoms. The van der Waals surface area contributed by atoms with Crippen LogP contribution in [0.2, 0.25) is 0 Å². The third-order valence-corrected chi connectivity index (χ3v) is 4.00. The average molecular weight is 334 g/mol. The van der Waals surface area contributed by atoms with Gasteiger partial charge in [-0.3, -0.25) is 0 Å². The first kappa shape index (κ1) is 11.6. The van der Waals surface area contributed by atoms with Gasteiger partial charge < -0.3 is 5.11 Å². The summed E-state index contributed by atoms with van der Waals surface area (Å²) in [6.07, 6.45) is 5.27. The van der Waals surface area contributed by atoms with Crippen LogP contribution in [0.15, 0.2) is 27.1 Å². The molecule has 0 radical (unpaired) electrons. The molecule has 1 aromatic rings. The van der Waals surface area contributed by atoms with Gasteiger partial charge in [-0.1, -0.05) is 51.1 Å². The van der Waals surface area contributed by atoms with E-state index in [1.165, 1.54) is 6.42 Å². The number of halogens is 2. The second-order valence-electron chi connectivity index (χ2n) is 4.25. The lowest BCUT2D eigenvalue weighted by molar-refractivity contribution is -0.000726. The lowest BCUT2D eigenvalue weighted by Gasteiger charge is -2.32. The summed E-state index contributed by atoms with van der Waals surface area (Å²) in [6.45, 7) is 0. The van der Waals surface area contributed by atoms with Gasteiger partial charge in [-0.2, -0.15) is 0 Å². The normalized spacial score (nSPS) is 20.2. The van der Waals surface area contributed by atoms with E-state index in [0.29, 0.717) is 0 Å². The van der Waals surface area contributed by atoms with E-state index in [2.05, 4.69) is 31.9 Å². The first-order valence-corrected chi connectivity index (χ1v) is 6.88. The maximum absolute atomic E-state index is 10.5. The van der Waals surface area contributed by atoms with Gasteiger partial charge in [0.2, 0.25) is 0 Å². The highest BCUT2D eigenvalue weighted by atomic mass is 79.9. The lowest BCUT2D eigenvalue weighted by atomic mass is 9.80. The summed E-state index contributed by atoms with van der Waals surface area (Å²) in [4.78, 5) is 0. The fraction of sp³-hybridized carbons (Fsp3) is 0.500. The average Bonchev–Trinajstić information content (AvgIpc) is 2.17. The molecule has 82 valence electrons. The van der Waals surface area contributed by atoms with Gasteiger partial charge in [0, 0.05) is 8.95 Å². The zero-order valence-corrected chi connectivity index (χ0v) is 11.6. The summed E-state index contributed by atoms with van der Waals surface area (Å²) in [5.41, 5.74) is 0.424. The van der Waals surface area contributed by atoms with Crippen molar-refractivity contribution in [2.24, 2.45) is 0 Å². The van der Waals surface area contributed by atoms with E-state index in [0.717, 1.165) is 40.2 Å². The highest BCUT2D eigenvalue weighted by Crippen LogP contribution is 2.38. The molecule has 1 nitrogen and oxygen atoms in total. The number of hydrogen-bond acceptors (Lipinski definition) is 1. The van der Waals surface area contributed by atoms with Crippen LogP contribution in [-0.4, -0.2) is 5.11 Å². The molecular weight excluding hydrogens is 320 g/mol. The summed E-state index contributed by atoms with van der Waals surface area (Å²) >= 11 is 6.93. The number of benzene rings is 1. The standard InChI is InChI=1S/C12H14Br2O/c13-10-6-9(7-11(14)8-10)12(15)4-2-1-3-5-12/h6-8,15H,1-5H2. The first-order valence-electron chi connectivity index (χ1n) is 5.29. The molecule has 1 fully saturated rings. The van der Waals surface area contributed by atoms with E-state index >= 15 is 0 Å². The minimum absolute atomic E-state index is 0.607. The van der Waals surface area contributed by atoms with Gasteiger partial charge in [0.05, 0.1) is 5.60 Å². The maximum Gasteiger partial charge on any atom is 0.0897 e.